The second-order valence-corrected chi connectivity index (χ2v) is 9.25. The number of thiazole rings is 1. The highest BCUT2D eigenvalue weighted by Crippen LogP contribution is 2.27. The number of hydrogen-bond acceptors (Lipinski definition) is 8. The predicted molar refractivity (Wildman–Crippen MR) is 127 cm³/mol. The molecule has 180 valence electrons. The van der Waals surface area contributed by atoms with Gasteiger partial charge in [0.2, 0.25) is 0 Å². The minimum absolute atomic E-state index is 0.0256. The molecule has 0 N–H and O–H groups in total. The monoisotopic (exact) mass is 492 g/mol. The highest BCUT2D eigenvalue weighted by atomic mass is 32.1. The molecule has 0 radical (unpaired) electrons. The molecule has 3 aromatic rings. The molecule has 4 heterocycles. The van der Waals surface area contributed by atoms with Crippen molar-refractivity contribution in [1.82, 2.24) is 19.8 Å². The highest BCUT2D eigenvalue weighted by Gasteiger charge is 2.44. The van der Waals surface area contributed by atoms with Crippen LogP contribution in [-0.4, -0.2) is 69.5 Å². The Hall–Kier alpha value is -3.79. The zero-order valence-corrected chi connectivity index (χ0v) is 19.7. The lowest BCUT2D eigenvalue weighted by Crippen LogP contribution is -2.52. The van der Waals surface area contributed by atoms with Crippen LogP contribution in [0.15, 0.2) is 60.2 Å². The molecule has 9 nitrogen and oxygen atoms in total. The molecule has 0 aliphatic carbocycles. The first kappa shape index (κ1) is 23.0. The fourth-order valence-electron chi connectivity index (χ4n) is 4.35. The third kappa shape index (κ3) is 5.02. The van der Waals surface area contributed by atoms with E-state index in [1.807, 2.05) is 42.5 Å². The second kappa shape index (κ2) is 10.2. The number of pyridine rings is 1. The van der Waals surface area contributed by atoms with E-state index in [4.69, 9.17) is 9.47 Å². The van der Waals surface area contributed by atoms with Crippen molar-refractivity contribution in [2.24, 2.45) is 0 Å². The minimum Gasteiger partial charge on any atom is -0.459 e. The summed E-state index contributed by atoms with van der Waals surface area (Å²) in [6.45, 7) is 1.03. The van der Waals surface area contributed by atoms with Gasteiger partial charge in [0.05, 0.1) is 0 Å². The molecule has 35 heavy (non-hydrogen) atoms. The third-order valence-electron chi connectivity index (χ3n) is 6.20. The second-order valence-electron chi connectivity index (χ2n) is 8.39. The Labute approximate surface area is 206 Å². The van der Waals surface area contributed by atoms with Crippen LogP contribution in [0.2, 0.25) is 0 Å². The van der Waals surface area contributed by atoms with Crippen molar-refractivity contribution in [3.8, 4) is 10.6 Å². The van der Waals surface area contributed by atoms with Gasteiger partial charge in [0.25, 0.3) is 5.91 Å². The standard InChI is InChI=1S/C25H24N4O5S/c30-23(20-16-35-22(27-20)18-6-10-26-11-7-18)28-12-8-19(9-13-28)29-21(15-34-25(29)32)24(31)33-14-17-4-2-1-3-5-17/h1-7,10-11,16,19,21H,8-9,12-15H2/t21-/m0/s1. The number of likely N-dealkylation sites (tertiary alicyclic amines) is 1. The largest absolute Gasteiger partial charge is 0.459 e. The number of benzene rings is 1. The van der Waals surface area contributed by atoms with Crippen LogP contribution in [0.3, 0.4) is 0 Å². The van der Waals surface area contributed by atoms with Gasteiger partial charge in [-0.25, -0.2) is 14.6 Å². The molecule has 1 atom stereocenters. The van der Waals surface area contributed by atoms with Crippen molar-refractivity contribution in [3.05, 3.63) is 71.5 Å². The lowest BCUT2D eigenvalue weighted by atomic mass is 10.0. The Morgan fingerprint density at radius 2 is 1.83 bits per heavy atom. The average molecular weight is 493 g/mol. The average Bonchev–Trinajstić information content (AvgIpc) is 3.55. The molecule has 2 aromatic heterocycles. The Balaban J connectivity index is 1.18. The number of hydrogen-bond donors (Lipinski definition) is 0. The maximum Gasteiger partial charge on any atom is 0.410 e. The zero-order chi connectivity index (χ0) is 24.2. The summed E-state index contributed by atoms with van der Waals surface area (Å²) in [5.74, 6) is -0.618. The van der Waals surface area contributed by atoms with Crippen LogP contribution >= 0.6 is 11.3 Å². The summed E-state index contributed by atoms with van der Waals surface area (Å²) in [5, 5.41) is 2.53. The number of ether oxygens (including phenoxy) is 2. The Morgan fingerprint density at radius 1 is 1.09 bits per heavy atom. The topological polar surface area (TPSA) is 102 Å². The lowest BCUT2D eigenvalue weighted by Gasteiger charge is -2.37. The van der Waals surface area contributed by atoms with Gasteiger partial charge >= 0.3 is 12.1 Å². The molecule has 2 amide bonds. The van der Waals surface area contributed by atoms with Crippen LogP contribution in [0.4, 0.5) is 4.79 Å². The van der Waals surface area contributed by atoms with Crippen molar-refractivity contribution in [2.75, 3.05) is 19.7 Å². The van der Waals surface area contributed by atoms with Gasteiger partial charge in [0, 0.05) is 42.5 Å². The smallest absolute Gasteiger partial charge is 0.410 e. The van der Waals surface area contributed by atoms with E-state index in [9.17, 15) is 14.4 Å². The summed E-state index contributed by atoms with van der Waals surface area (Å²) >= 11 is 1.42. The summed E-state index contributed by atoms with van der Waals surface area (Å²) in [4.78, 5) is 49.9. The van der Waals surface area contributed by atoms with Crippen LogP contribution in [-0.2, 0) is 20.9 Å². The van der Waals surface area contributed by atoms with Gasteiger partial charge in [0.1, 0.15) is 23.9 Å². The molecule has 2 aliphatic heterocycles. The summed E-state index contributed by atoms with van der Waals surface area (Å²) in [5.41, 5.74) is 2.20. The lowest BCUT2D eigenvalue weighted by molar-refractivity contribution is -0.150. The maximum absolute atomic E-state index is 13.0. The van der Waals surface area contributed by atoms with Gasteiger partial charge in [0.15, 0.2) is 6.04 Å². The number of rotatable bonds is 6. The quantitative estimate of drug-likeness (QED) is 0.486. The van der Waals surface area contributed by atoms with Crippen LogP contribution < -0.4 is 0 Å². The number of esters is 1. The van der Waals surface area contributed by atoms with Gasteiger partial charge in [-0.1, -0.05) is 30.3 Å². The summed E-state index contributed by atoms with van der Waals surface area (Å²) in [6, 6.07) is 12.1. The van der Waals surface area contributed by atoms with Crippen molar-refractivity contribution in [1.29, 1.82) is 0 Å². The first-order valence-corrected chi connectivity index (χ1v) is 12.3. The molecule has 2 aliphatic rings. The number of carbonyl (C=O) groups excluding carboxylic acids is 3. The molecule has 5 rings (SSSR count). The molecule has 10 heteroatoms. The Morgan fingerprint density at radius 3 is 2.57 bits per heavy atom. The number of piperidine rings is 1. The van der Waals surface area contributed by atoms with E-state index < -0.39 is 18.1 Å². The van der Waals surface area contributed by atoms with Crippen LogP contribution in [0.1, 0.15) is 28.9 Å². The van der Waals surface area contributed by atoms with E-state index >= 15 is 0 Å². The summed E-state index contributed by atoms with van der Waals surface area (Å²) in [6.07, 6.45) is 3.96. The molecular weight excluding hydrogens is 468 g/mol. The highest BCUT2D eigenvalue weighted by molar-refractivity contribution is 7.13. The summed E-state index contributed by atoms with van der Waals surface area (Å²) in [7, 11) is 0. The first-order chi connectivity index (χ1) is 17.1. The molecule has 2 fully saturated rings. The third-order valence-corrected chi connectivity index (χ3v) is 7.09. The molecular formula is C25H24N4O5S. The zero-order valence-electron chi connectivity index (χ0n) is 18.9. The summed E-state index contributed by atoms with van der Waals surface area (Å²) < 4.78 is 10.6. The number of carbonyl (C=O) groups is 3. The first-order valence-electron chi connectivity index (χ1n) is 11.4. The normalized spacial score (nSPS) is 18.4. The fraction of sp³-hybridized carbons (Fsp3) is 0.320. The SMILES string of the molecule is O=C(OCc1ccccc1)[C@@H]1COC(=O)N1C1CCN(C(=O)c2csc(-c3ccncc3)n2)CC1. The van der Waals surface area contributed by atoms with Crippen LogP contribution in [0.25, 0.3) is 10.6 Å². The molecule has 0 unspecified atom stereocenters. The molecule has 2 saturated heterocycles. The number of aromatic nitrogens is 2. The number of cyclic esters (lactones) is 1. The van der Waals surface area contributed by atoms with Crippen molar-refractivity contribution >= 4 is 29.3 Å². The Kier molecular flexibility index (Phi) is 6.71. The number of amides is 2. The van der Waals surface area contributed by atoms with Crippen molar-refractivity contribution in [2.45, 2.75) is 31.5 Å². The fourth-order valence-corrected chi connectivity index (χ4v) is 5.15. The predicted octanol–water partition coefficient (Wildman–Crippen LogP) is 3.37. The molecule has 0 bridgehead atoms. The van der Waals surface area contributed by atoms with Gasteiger partial charge in [-0.05, 0) is 30.5 Å². The molecule has 0 saturated carbocycles. The molecule has 1 aromatic carbocycles. The van der Waals surface area contributed by atoms with Crippen LogP contribution in [0, 0.1) is 0 Å². The van der Waals surface area contributed by atoms with Gasteiger partial charge in [-0.15, -0.1) is 11.3 Å². The van der Waals surface area contributed by atoms with E-state index in [1.54, 1.807) is 22.7 Å². The van der Waals surface area contributed by atoms with Crippen molar-refractivity contribution < 1.29 is 23.9 Å². The van der Waals surface area contributed by atoms with Crippen LogP contribution in [0.5, 0.6) is 0 Å². The number of nitrogens with zero attached hydrogens (tertiary/aromatic N) is 4. The Bertz CT molecular complexity index is 1190. The molecule has 0 spiro atoms. The van der Waals surface area contributed by atoms with E-state index in [0.29, 0.717) is 31.6 Å². The van der Waals surface area contributed by atoms with E-state index in [1.165, 1.54) is 16.2 Å². The van der Waals surface area contributed by atoms with E-state index in [0.717, 1.165) is 16.1 Å². The van der Waals surface area contributed by atoms with Gasteiger partial charge < -0.3 is 14.4 Å². The van der Waals surface area contributed by atoms with E-state index in [-0.39, 0.29) is 25.2 Å². The van der Waals surface area contributed by atoms with E-state index in [2.05, 4.69) is 9.97 Å². The van der Waals surface area contributed by atoms with Gasteiger partial charge in [-0.2, -0.15) is 0 Å². The van der Waals surface area contributed by atoms with Crippen molar-refractivity contribution in [3.63, 3.8) is 0 Å². The maximum atomic E-state index is 13.0. The van der Waals surface area contributed by atoms with Gasteiger partial charge in [-0.3, -0.25) is 14.7 Å². The minimum atomic E-state index is -0.778.